The lowest BCUT2D eigenvalue weighted by Crippen LogP contribution is -2.47. The lowest BCUT2D eigenvalue weighted by Gasteiger charge is -2.37. The lowest BCUT2D eigenvalue weighted by molar-refractivity contribution is -0.134. The molecule has 0 spiro atoms. The second-order valence-corrected chi connectivity index (χ2v) is 7.69. The molecule has 0 radical (unpaired) electrons. The quantitative estimate of drug-likeness (QED) is 0.841. The van der Waals surface area contributed by atoms with Crippen LogP contribution in [0.2, 0.25) is 0 Å². The zero-order valence-electron chi connectivity index (χ0n) is 14.8. The predicted octanol–water partition coefficient (Wildman–Crippen LogP) is 3.44. The molecule has 4 rings (SSSR count). The Hall–Kier alpha value is -1.26. The van der Waals surface area contributed by atoms with Crippen molar-refractivity contribution in [1.29, 1.82) is 0 Å². The van der Waals surface area contributed by atoms with E-state index in [0.717, 1.165) is 43.7 Å². The number of hydrogen-bond acceptors (Lipinski definition) is 3. The Morgan fingerprint density at radius 3 is 2.84 bits per heavy atom. The van der Waals surface area contributed by atoms with E-state index in [1.165, 1.54) is 25.7 Å². The minimum atomic E-state index is -0.179. The summed E-state index contributed by atoms with van der Waals surface area (Å²) < 4.78 is 6.08. The van der Waals surface area contributed by atoms with E-state index < -0.39 is 0 Å². The van der Waals surface area contributed by atoms with E-state index in [9.17, 15) is 4.79 Å². The molecule has 1 aromatic carbocycles. The van der Waals surface area contributed by atoms with Crippen LogP contribution in [0.1, 0.15) is 50.5 Å². The van der Waals surface area contributed by atoms with Gasteiger partial charge in [-0.25, -0.2) is 0 Å². The zero-order chi connectivity index (χ0) is 16.4. The molecule has 2 saturated carbocycles. The summed E-state index contributed by atoms with van der Waals surface area (Å²) in [5.74, 6) is 1.67. The smallest absolute Gasteiger partial charge is 0.228 e. The van der Waals surface area contributed by atoms with E-state index >= 15 is 0 Å². The summed E-state index contributed by atoms with van der Waals surface area (Å²) in [5.41, 5.74) is 0.912. The monoisotopic (exact) mass is 364 g/mol. The number of carbonyl (C=O) groups is 1. The van der Waals surface area contributed by atoms with Crippen LogP contribution in [0.25, 0.3) is 0 Å². The van der Waals surface area contributed by atoms with Gasteiger partial charge in [0, 0.05) is 18.7 Å². The Kier molecular flexibility index (Phi) is 5.90. The molecular formula is C20H29ClN2O2. The first-order chi connectivity index (χ1) is 11.8. The summed E-state index contributed by atoms with van der Waals surface area (Å²) >= 11 is 0. The summed E-state index contributed by atoms with van der Waals surface area (Å²) in [4.78, 5) is 13.0. The second-order valence-electron chi connectivity index (χ2n) is 7.69. The van der Waals surface area contributed by atoms with Crippen LogP contribution in [0, 0.1) is 11.3 Å². The summed E-state index contributed by atoms with van der Waals surface area (Å²) in [6.07, 6.45) is 8.57. The maximum atomic E-state index is 13.0. The van der Waals surface area contributed by atoms with Crippen LogP contribution in [-0.4, -0.2) is 25.1 Å². The molecule has 5 heteroatoms. The number of benzene rings is 1. The molecule has 1 amide bonds. The summed E-state index contributed by atoms with van der Waals surface area (Å²) in [7, 11) is 0. The van der Waals surface area contributed by atoms with Crippen molar-refractivity contribution in [2.24, 2.45) is 11.3 Å². The number of fused-ring (bicyclic) bond motifs is 1. The van der Waals surface area contributed by atoms with E-state index in [-0.39, 0.29) is 23.7 Å². The van der Waals surface area contributed by atoms with Crippen molar-refractivity contribution in [3.05, 3.63) is 29.8 Å². The van der Waals surface area contributed by atoms with Gasteiger partial charge in [-0.3, -0.25) is 4.79 Å². The van der Waals surface area contributed by atoms with Crippen LogP contribution in [0.4, 0.5) is 0 Å². The van der Waals surface area contributed by atoms with E-state index in [4.69, 9.17) is 4.74 Å². The van der Waals surface area contributed by atoms with Crippen LogP contribution in [-0.2, 0) is 11.3 Å². The topological polar surface area (TPSA) is 50.4 Å². The predicted molar refractivity (Wildman–Crippen MR) is 101 cm³/mol. The van der Waals surface area contributed by atoms with Crippen LogP contribution < -0.4 is 15.4 Å². The average Bonchev–Trinajstić information content (AvgIpc) is 3.02. The van der Waals surface area contributed by atoms with Gasteiger partial charge in [0.25, 0.3) is 0 Å². The number of hydrogen-bond donors (Lipinski definition) is 2. The van der Waals surface area contributed by atoms with Gasteiger partial charge in [-0.2, -0.15) is 0 Å². The van der Waals surface area contributed by atoms with E-state index in [1.807, 2.05) is 18.2 Å². The van der Waals surface area contributed by atoms with Gasteiger partial charge in [-0.05, 0) is 50.6 Å². The molecule has 1 aromatic rings. The molecule has 4 nitrogen and oxygen atoms in total. The minimum Gasteiger partial charge on any atom is -0.490 e. The number of carbonyl (C=O) groups excluding carboxylic acids is 1. The molecule has 2 N–H and O–H groups in total. The first-order valence-electron chi connectivity index (χ1n) is 9.51. The molecule has 1 aliphatic heterocycles. The Labute approximate surface area is 156 Å². The van der Waals surface area contributed by atoms with Gasteiger partial charge in [-0.1, -0.05) is 31.0 Å². The van der Waals surface area contributed by atoms with Gasteiger partial charge in [0.05, 0.1) is 11.5 Å². The van der Waals surface area contributed by atoms with Crippen LogP contribution in [0.5, 0.6) is 5.75 Å². The Morgan fingerprint density at radius 1 is 1.20 bits per heavy atom. The van der Waals surface area contributed by atoms with Crippen molar-refractivity contribution in [2.45, 2.75) is 57.6 Å². The minimum absolute atomic E-state index is 0. The number of nitrogens with one attached hydrogen (secondary N) is 2. The zero-order valence-corrected chi connectivity index (χ0v) is 15.6. The van der Waals surface area contributed by atoms with Crippen LogP contribution in [0.15, 0.2) is 24.3 Å². The van der Waals surface area contributed by atoms with Gasteiger partial charge in [0.2, 0.25) is 5.91 Å². The van der Waals surface area contributed by atoms with Crippen molar-refractivity contribution in [1.82, 2.24) is 10.6 Å². The molecule has 0 aromatic heterocycles. The molecule has 3 aliphatic rings. The van der Waals surface area contributed by atoms with Crippen molar-refractivity contribution < 1.29 is 9.53 Å². The van der Waals surface area contributed by atoms with E-state index in [1.54, 1.807) is 0 Å². The highest BCUT2D eigenvalue weighted by atomic mass is 35.5. The molecule has 138 valence electrons. The van der Waals surface area contributed by atoms with Crippen molar-refractivity contribution in [3.63, 3.8) is 0 Å². The lowest BCUT2D eigenvalue weighted by atomic mass is 9.67. The standard InChI is InChI=1S/C20H28N2O2.ClH/c23-19(20-11-4-3-7-16(20)13-21-14-20)22-12-15-6-1-2-10-18(15)24-17-8-5-9-17;/h1-2,6,10,16-17,21H,3-5,7-9,11-14H2,(H,22,23);1H/t16-,20+;/m0./s1. The molecular weight excluding hydrogens is 336 g/mol. The number of ether oxygens (including phenoxy) is 1. The van der Waals surface area contributed by atoms with Crippen LogP contribution >= 0.6 is 12.4 Å². The van der Waals surface area contributed by atoms with Crippen molar-refractivity contribution in [2.75, 3.05) is 13.1 Å². The Balaban J connectivity index is 0.00000182. The van der Waals surface area contributed by atoms with Gasteiger partial charge in [0.15, 0.2) is 0 Å². The first-order valence-corrected chi connectivity index (χ1v) is 9.51. The fraction of sp³-hybridized carbons (Fsp3) is 0.650. The first kappa shape index (κ1) is 18.5. The summed E-state index contributed by atoms with van der Waals surface area (Å²) in [6, 6.07) is 8.12. The fourth-order valence-corrected chi connectivity index (χ4v) is 4.48. The molecule has 25 heavy (non-hydrogen) atoms. The third-order valence-electron chi connectivity index (χ3n) is 6.25. The van der Waals surface area contributed by atoms with Gasteiger partial charge < -0.3 is 15.4 Å². The third kappa shape index (κ3) is 3.65. The largest absolute Gasteiger partial charge is 0.490 e. The molecule has 1 heterocycles. The number of amides is 1. The summed E-state index contributed by atoms with van der Waals surface area (Å²) in [6.45, 7) is 2.40. The highest BCUT2D eigenvalue weighted by molar-refractivity contribution is 5.85. The maximum Gasteiger partial charge on any atom is 0.228 e. The highest BCUT2D eigenvalue weighted by Gasteiger charge is 2.49. The number of halogens is 1. The molecule has 0 unspecified atom stereocenters. The Morgan fingerprint density at radius 2 is 2.04 bits per heavy atom. The molecule has 2 aliphatic carbocycles. The maximum absolute atomic E-state index is 13.0. The Bertz CT molecular complexity index is 605. The van der Waals surface area contributed by atoms with Crippen LogP contribution in [0.3, 0.4) is 0 Å². The molecule has 2 atom stereocenters. The number of rotatable bonds is 5. The average molecular weight is 365 g/mol. The second kappa shape index (κ2) is 7.96. The number of para-hydroxylation sites is 1. The highest BCUT2D eigenvalue weighted by Crippen LogP contribution is 2.44. The van der Waals surface area contributed by atoms with Crippen molar-refractivity contribution >= 4 is 18.3 Å². The molecule has 1 saturated heterocycles. The SMILES string of the molecule is Cl.O=C(NCc1ccccc1OC1CCC1)[C@@]12CCCC[C@H]1CNC2. The van der Waals surface area contributed by atoms with E-state index in [2.05, 4.69) is 16.7 Å². The van der Waals surface area contributed by atoms with Crippen molar-refractivity contribution in [3.8, 4) is 5.75 Å². The molecule has 0 bridgehead atoms. The molecule has 3 fully saturated rings. The fourth-order valence-electron chi connectivity index (χ4n) is 4.48. The normalized spacial score (nSPS) is 28.4. The van der Waals surface area contributed by atoms with Gasteiger partial charge >= 0.3 is 0 Å². The van der Waals surface area contributed by atoms with Gasteiger partial charge in [0.1, 0.15) is 5.75 Å². The summed E-state index contributed by atoms with van der Waals surface area (Å²) in [5, 5.41) is 6.67. The van der Waals surface area contributed by atoms with Gasteiger partial charge in [-0.15, -0.1) is 12.4 Å². The van der Waals surface area contributed by atoms with E-state index in [0.29, 0.717) is 18.6 Å². The third-order valence-corrected chi connectivity index (χ3v) is 6.25.